The molecule has 0 amide bonds. The van der Waals surface area contributed by atoms with Crippen molar-refractivity contribution in [3.8, 4) is 5.75 Å². The minimum atomic E-state index is -5.13. The Labute approximate surface area is 288 Å². The Bertz CT molecular complexity index is 1600. The number of allylic oxidation sites excluding steroid dienone is 6. The van der Waals surface area contributed by atoms with Gasteiger partial charge in [-0.3, -0.25) is 0 Å². The molecule has 0 spiro atoms. The molecule has 2 aliphatic carbocycles. The van der Waals surface area contributed by atoms with Crippen LogP contribution in [-0.2, 0) is 31.3 Å². The Balaban J connectivity index is 1.86. The van der Waals surface area contributed by atoms with Crippen molar-refractivity contribution in [3.05, 3.63) is 58.2 Å². The predicted molar refractivity (Wildman–Crippen MR) is 182 cm³/mol. The van der Waals surface area contributed by atoms with Crippen LogP contribution in [0.1, 0.15) is 125 Å². The van der Waals surface area contributed by atoms with Crippen LogP contribution in [0.15, 0.2) is 57.5 Å². The Kier molecular flexibility index (Phi) is 13.3. The average molecular weight is 711 g/mol. The summed E-state index contributed by atoms with van der Waals surface area (Å²) in [6.45, 7) is 14.3. The highest BCUT2D eigenvalue weighted by Crippen LogP contribution is 2.58. The molecule has 1 aromatic rings. The number of hydrogen-bond donors (Lipinski definition) is 2. The van der Waals surface area contributed by atoms with Crippen LogP contribution in [0.2, 0.25) is 0 Å². The highest BCUT2D eigenvalue weighted by atomic mass is 32.3. The van der Waals surface area contributed by atoms with Crippen molar-refractivity contribution >= 4 is 20.5 Å². The molecule has 0 radical (unpaired) electrons. The van der Waals surface area contributed by atoms with Gasteiger partial charge in [0.15, 0.2) is 0 Å². The van der Waals surface area contributed by atoms with E-state index >= 15 is 0 Å². The third-order valence-electron chi connectivity index (χ3n) is 10.9. The molecule has 1 aromatic carbocycles. The Morgan fingerprint density at radius 2 is 1.79 bits per heavy atom. The summed E-state index contributed by atoms with van der Waals surface area (Å²) in [5.41, 5.74) is 3.08. The zero-order chi connectivity index (χ0) is 36.1. The molecule has 0 saturated carbocycles. The van der Waals surface area contributed by atoms with Crippen LogP contribution >= 0.6 is 0 Å². The minimum absolute atomic E-state index is 0.0972. The number of hydrogen-bond acceptors (Lipinski definition) is 10. The Morgan fingerprint density at radius 3 is 2.42 bits per heavy atom. The number of benzene rings is 1. The summed E-state index contributed by atoms with van der Waals surface area (Å²) in [7, 11) is -9.83. The zero-order valence-electron chi connectivity index (χ0n) is 29.5. The zero-order valence-corrected chi connectivity index (χ0v) is 31.1. The van der Waals surface area contributed by atoms with Gasteiger partial charge in [0, 0.05) is 0 Å². The predicted octanol–water partition coefficient (Wildman–Crippen LogP) is 6.34. The van der Waals surface area contributed by atoms with Crippen LogP contribution in [0.25, 0.3) is 0 Å². The largest absolute Gasteiger partial charge is 0.716 e. The fraction of sp³-hybridized carbons (Fsp3) is 0.667. The molecule has 0 aromatic heterocycles. The monoisotopic (exact) mass is 710 g/mol. The molecule has 3 rings (SSSR count). The smallest absolute Gasteiger partial charge is 0.288 e. The van der Waals surface area contributed by atoms with E-state index in [1.54, 1.807) is 6.92 Å². The van der Waals surface area contributed by atoms with Crippen molar-refractivity contribution in [2.75, 3.05) is 0 Å². The molecule has 2 N–H and O–H groups in total. The Hall–Kier alpha value is -2.06. The van der Waals surface area contributed by atoms with Crippen molar-refractivity contribution < 1.29 is 45.4 Å². The fourth-order valence-electron chi connectivity index (χ4n) is 7.71. The lowest BCUT2D eigenvalue weighted by atomic mass is 9.54. The van der Waals surface area contributed by atoms with E-state index in [0.29, 0.717) is 25.7 Å². The van der Waals surface area contributed by atoms with Gasteiger partial charge in [0.25, 0.3) is 20.5 Å². The minimum Gasteiger partial charge on any atom is -0.716 e. The van der Waals surface area contributed by atoms with Crippen molar-refractivity contribution in [1.29, 1.82) is 0 Å². The molecule has 12 heteroatoms. The fourth-order valence-corrected chi connectivity index (χ4v) is 8.81. The lowest BCUT2D eigenvalue weighted by Crippen LogP contribution is -2.42. The molecule has 3 unspecified atom stereocenters. The molecule has 2 aliphatic rings. The highest BCUT2D eigenvalue weighted by Gasteiger charge is 2.47. The Morgan fingerprint density at radius 1 is 1.10 bits per heavy atom. The maximum atomic E-state index is 12.6. The highest BCUT2D eigenvalue weighted by molar-refractivity contribution is 7.86. The number of rotatable bonds is 16. The third kappa shape index (κ3) is 10.2. The molecular weight excluding hydrogens is 657 g/mol. The molecule has 0 heterocycles. The first kappa shape index (κ1) is 40.4. The van der Waals surface area contributed by atoms with Crippen LogP contribution in [0.3, 0.4) is 0 Å². The third-order valence-corrected chi connectivity index (χ3v) is 12.4. The van der Waals surface area contributed by atoms with E-state index in [9.17, 15) is 36.9 Å². The molecule has 0 fully saturated rings. The summed E-state index contributed by atoms with van der Waals surface area (Å²) >= 11 is 0. The summed E-state index contributed by atoms with van der Waals surface area (Å²) in [6, 6.07) is 3.20. The molecule has 10 nitrogen and oxygen atoms in total. The van der Waals surface area contributed by atoms with E-state index < -0.39 is 42.5 Å². The van der Waals surface area contributed by atoms with Gasteiger partial charge in [-0.15, -0.1) is 0 Å². The van der Waals surface area contributed by atoms with Crippen molar-refractivity contribution in [2.45, 2.75) is 142 Å². The van der Waals surface area contributed by atoms with Gasteiger partial charge in [0.05, 0.1) is 16.6 Å². The van der Waals surface area contributed by atoms with Crippen LogP contribution in [0.4, 0.5) is 0 Å². The van der Waals surface area contributed by atoms with Crippen LogP contribution < -0.4 is 9.44 Å². The normalized spacial score (nSPS) is 25.6. The van der Waals surface area contributed by atoms with Gasteiger partial charge < -0.3 is 28.5 Å². The topological polar surface area (TPSA) is 173 Å². The van der Waals surface area contributed by atoms with Crippen LogP contribution in [0, 0.1) is 16.7 Å². The SMILES string of the molecule is CC(C)=CCC/C(C)=C/CCC(C)(O)C(O)CC[C@]1(C)CCCC2=C1CC[C@H](C)C2(C)Cc1cc(OS(=O)(=O)[O-])ccc1S(=O)(=O)O[O-]. The van der Waals surface area contributed by atoms with Gasteiger partial charge in [-0.05, 0) is 145 Å². The number of aliphatic hydroxyl groups is 2. The van der Waals surface area contributed by atoms with Gasteiger partial charge in [0.2, 0.25) is 0 Å². The van der Waals surface area contributed by atoms with E-state index in [0.717, 1.165) is 57.1 Å². The summed E-state index contributed by atoms with van der Waals surface area (Å²) in [5.74, 6) is -0.255. The van der Waals surface area contributed by atoms with Gasteiger partial charge in [0.1, 0.15) is 5.75 Å². The van der Waals surface area contributed by atoms with E-state index in [4.69, 9.17) is 0 Å². The second kappa shape index (κ2) is 15.9. The summed E-state index contributed by atoms with van der Waals surface area (Å²) in [6.07, 6.45) is 12.0. The van der Waals surface area contributed by atoms with Gasteiger partial charge in [-0.1, -0.05) is 55.2 Å². The first-order valence-electron chi connectivity index (χ1n) is 16.9. The van der Waals surface area contributed by atoms with E-state index in [1.807, 2.05) is 0 Å². The van der Waals surface area contributed by atoms with Crippen LogP contribution in [0.5, 0.6) is 5.75 Å². The second-order valence-corrected chi connectivity index (χ2v) is 17.5. The lowest BCUT2D eigenvalue weighted by Gasteiger charge is -2.51. The molecule has 5 atom stereocenters. The molecule has 48 heavy (non-hydrogen) atoms. The first-order valence-corrected chi connectivity index (χ1v) is 19.6. The molecule has 0 saturated heterocycles. The summed E-state index contributed by atoms with van der Waals surface area (Å²) < 4.78 is 67.2. The maximum Gasteiger partial charge on any atom is 0.288 e. The van der Waals surface area contributed by atoms with Crippen molar-refractivity contribution in [3.63, 3.8) is 0 Å². The van der Waals surface area contributed by atoms with E-state index in [1.165, 1.54) is 28.4 Å². The van der Waals surface area contributed by atoms with Gasteiger partial charge in [-0.25, -0.2) is 8.42 Å². The summed E-state index contributed by atoms with van der Waals surface area (Å²) in [4.78, 5) is -0.406. The lowest BCUT2D eigenvalue weighted by molar-refractivity contribution is -0.635. The molecule has 272 valence electrons. The standard InChI is InChI=1S/C36H56O10S2/c1-25(2)11-8-12-26(3)13-9-21-36(7,38)33(37)19-22-34(5)20-10-14-31-30(34)17-15-27(4)35(31,6)24-28-23-29(45-48(42,43)44)16-18-32(28)47(40,41)46-39/h11,13,16,18,23,27,33,37-39H,8-10,12,14-15,17,19-22,24H2,1-7H3,(H,42,43,44)/p-2/b26-13+/t27-,33?,34-,35?,36?/m0/s1. The maximum absolute atomic E-state index is 12.6. The average Bonchev–Trinajstić information content (AvgIpc) is 2.97. The summed E-state index contributed by atoms with van der Waals surface area (Å²) in [5, 5.41) is 33.6. The van der Waals surface area contributed by atoms with Gasteiger partial charge in [-0.2, -0.15) is 8.42 Å². The number of aliphatic hydroxyl groups excluding tert-OH is 1. The molecule has 0 aliphatic heterocycles. The van der Waals surface area contributed by atoms with Gasteiger partial charge >= 0.3 is 0 Å². The van der Waals surface area contributed by atoms with E-state index in [2.05, 4.69) is 62.2 Å². The first-order chi connectivity index (χ1) is 22.1. The molecular formula is C36H54O10S2-2. The molecule has 0 bridgehead atoms. The van der Waals surface area contributed by atoms with Crippen molar-refractivity contribution in [1.82, 2.24) is 0 Å². The quantitative estimate of drug-likeness (QED) is 0.0648. The van der Waals surface area contributed by atoms with Crippen LogP contribution in [-0.4, -0.2) is 43.3 Å². The second-order valence-electron chi connectivity index (χ2n) is 15.0. The van der Waals surface area contributed by atoms with Crippen molar-refractivity contribution in [2.24, 2.45) is 16.7 Å². The van der Waals surface area contributed by atoms with E-state index in [-0.39, 0.29) is 29.1 Å².